The number of nitrogens with one attached hydrogen (secondary N) is 2. The van der Waals surface area contributed by atoms with Crippen molar-refractivity contribution in [3.63, 3.8) is 0 Å². The summed E-state index contributed by atoms with van der Waals surface area (Å²) in [6, 6.07) is -0.696. The van der Waals surface area contributed by atoms with Gasteiger partial charge in [0.25, 0.3) is 5.91 Å². The lowest BCUT2D eigenvalue weighted by Gasteiger charge is -2.24. The second kappa shape index (κ2) is 5.03. The van der Waals surface area contributed by atoms with Gasteiger partial charge in [0.05, 0.1) is 6.61 Å². The number of amides is 3. The van der Waals surface area contributed by atoms with Gasteiger partial charge in [0.15, 0.2) is 6.10 Å². The van der Waals surface area contributed by atoms with Gasteiger partial charge in [-0.3, -0.25) is 4.79 Å². The molecule has 0 saturated carbocycles. The summed E-state index contributed by atoms with van der Waals surface area (Å²) in [5.41, 5.74) is 0. The van der Waals surface area contributed by atoms with Crippen LogP contribution in [0.15, 0.2) is 10.7 Å². The van der Waals surface area contributed by atoms with Crippen LogP contribution in [-0.2, 0) is 9.53 Å². The number of carbonyl (C=O) groups is 2. The van der Waals surface area contributed by atoms with Gasteiger partial charge in [0, 0.05) is 0 Å². The maximum Gasteiger partial charge on any atom is 0.428 e. The van der Waals surface area contributed by atoms with E-state index in [0.717, 1.165) is 0 Å². The van der Waals surface area contributed by atoms with Gasteiger partial charge in [0.2, 0.25) is 6.23 Å². The Morgan fingerprint density at radius 2 is 2.06 bits per heavy atom. The number of ether oxygens (including phenoxy) is 1. The predicted molar refractivity (Wildman–Crippen MR) is 59.3 cm³/mol. The third kappa shape index (κ3) is 2.20. The number of imide groups is 1. The Hall–Kier alpha value is -0.840. The van der Waals surface area contributed by atoms with Crippen LogP contribution in [-0.4, -0.2) is 58.4 Å². The van der Waals surface area contributed by atoms with Gasteiger partial charge in [-0.2, -0.15) is 4.90 Å². The highest BCUT2D eigenvalue weighted by molar-refractivity contribution is 9.12. The number of aliphatic hydroxyl groups is 3. The lowest BCUT2D eigenvalue weighted by Crippen LogP contribution is -3.18. The van der Waals surface area contributed by atoms with Crippen molar-refractivity contribution in [1.82, 2.24) is 5.32 Å². The second-order valence-corrected chi connectivity index (χ2v) is 4.84. The third-order valence-corrected chi connectivity index (χ3v) is 3.43. The first-order valence-electron chi connectivity index (χ1n) is 5.18. The maximum absolute atomic E-state index is 11.6. The number of urea groups is 1. The standard InChI is InChI=1S/C9H11BrN2O6/c10-3-1-12(9(17)11-7(3)16)8-6(15)5(14)4(2-13)18-8/h1,4-6,8,13-15H,2H2,(H,11,16,17)/p+1/t4-,5-,6-,8-/m1/s1. The number of hydrogen-bond donors (Lipinski definition) is 5. The van der Waals surface area contributed by atoms with Crippen molar-refractivity contribution in [3.05, 3.63) is 10.7 Å². The van der Waals surface area contributed by atoms with E-state index in [1.54, 1.807) is 0 Å². The first kappa shape index (κ1) is 13.6. The van der Waals surface area contributed by atoms with E-state index in [2.05, 4.69) is 21.2 Å². The Kier molecular flexibility index (Phi) is 3.80. The van der Waals surface area contributed by atoms with Crippen LogP contribution in [0.25, 0.3) is 0 Å². The molecule has 2 heterocycles. The molecule has 3 amide bonds. The van der Waals surface area contributed by atoms with E-state index in [4.69, 9.17) is 9.84 Å². The van der Waals surface area contributed by atoms with E-state index in [1.807, 2.05) is 0 Å². The Bertz CT molecular complexity index is 414. The summed E-state index contributed by atoms with van der Waals surface area (Å²) in [6.45, 7) is -0.479. The molecule has 0 aromatic rings. The molecule has 0 radical (unpaired) electrons. The van der Waals surface area contributed by atoms with Crippen molar-refractivity contribution in [3.8, 4) is 0 Å². The van der Waals surface area contributed by atoms with E-state index in [0.29, 0.717) is 0 Å². The zero-order valence-corrected chi connectivity index (χ0v) is 10.6. The number of carbonyl (C=O) groups excluding carboxylic acids is 2. The fourth-order valence-corrected chi connectivity index (χ4v) is 2.22. The Labute approximate surface area is 110 Å². The van der Waals surface area contributed by atoms with Crippen LogP contribution >= 0.6 is 15.9 Å². The molecule has 5 atom stereocenters. The normalized spacial score (nSPS) is 40.7. The van der Waals surface area contributed by atoms with Crippen LogP contribution in [0.1, 0.15) is 0 Å². The number of quaternary nitrogens is 1. The van der Waals surface area contributed by atoms with Gasteiger partial charge < -0.3 is 20.1 Å². The molecule has 5 N–H and O–H groups in total. The summed E-state index contributed by atoms with van der Waals surface area (Å²) in [6.07, 6.45) is -3.44. The summed E-state index contributed by atoms with van der Waals surface area (Å²) >= 11 is 2.96. The van der Waals surface area contributed by atoms with Crippen molar-refractivity contribution in [1.29, 1.82) is 0 Å². The number of aliphatic hydroxyl groups excluding tert-OH is 3. The van der Waals surface area contributed by atoms with Gasteiger partial charge in [-0.25, -0.2) is 10.1 Å². The smallest absolute Gasteiger partial charge is 0.394 e. The molecule has 2 rings (SSSR count). The highest BCUT2D eigenvalue weighted by Crippen LogP contribution is 2.18. The van der Waals surface area contributed by atoms with E-state index >= 15 is 0 Å². The third-order valence-electron chi connectivity index (χ3n) is 2.84. The van der Waals surface area contributed by atoms with Gasteiger partial charge in [0.1, 0.15) is 22.9 Å². The number of halogens is 1. The molecule has 0 spiro atoms. The lowest BCUT2D eigenvalue weighted by molar-refractivity contribution is -0.823. The summed E-state index contributed by atoms with van der Waals surface area (Å²) in [5.74, 6) is -0.588. The Balaban J connectivity index is 2.22. The maximum atomic E-state index is 11.6. The zero-order chi connectivity index (χ0) is 13.4. The molecule has 1 saturated heterocycles. The van der Waals surface area contributed by atoms with Crippen molar-refractivity contribution in [2.24, 2.45) is 0 Å². The molecular weight excluding hydrogens is 312 g/mol. The molecule has 2 aliphatic heterocycles. The van der Waals surface area contributed by atoms with Crippen LogP contribution in [0.5, 0.6) is 0 Å². The Morgan fingerprint density at radius 1 is 1.39 bits per heavy atom. The van der Waals surface area contributed by atoms with Crippen molar-refractivity contribution in [2.45, 2.75) is 24.5 Å². The molecule has 0 aliphatic carbocycles. The van der Waals surface area contributed by atoms with E-state index < -0.39 is 43.1 Å². The second-order valence-electron chi connectivity index (χ2n) is 3.99. The fourth-order valence-electron chi connectivity index (χ4n) is 1.87. The molecule has 2 aliphatic rings. The van der Waals surface area contributed by atoms with Gasteiger partial charge in [-0.15, -0.1) is 0 Å². The Morgan fingerprint density at radius 3 is 2.61 bits per heavy atom. The minimum Gasteiger partial charge on any atom is -0.394 e. The van der Waals surface area contributed by atoms with Crippen LogP contribution in [0, 0.1) is 0 Å². The highest BCUT2D eigenvalue weighted by atomic mass is 79.9. The zero-order valence-electron chi connectivity index (χ0n) is 9.04. The van der Waals surface area contributed by atoms with Crippen molar-refractivity contribution in [2.75, 3.05) is 6.61 Å². The summed E-state index contributed by atoms with van der Waals surface area (Å²) in [5, 5.41) is 30.4. The van der Waals surface area contributed by atoms with Crippen LogP contribution in [0.2, 0.25) is 0 Å². The quantitative estimate of drug-likeness (QED) is 0.365. The molecule has 9 heteroatoms. The van der Waals surface area contributed by atoms with E-state index in [-0.39, 0.29) is 9.38 Å². The first-order chi connectivity index (χ1) is 8.45. The van der Waals surface area contributed by atoms with Gasteiger partial charge in [-0.05, 0) is 15.9 Å². The van der Waals surface area contributed by atoms with E-state index in [1.165, 1.54) is 6.20 Å². The van der Waals surface area contributed by atoms with Crippen LogP contribution < -0.4 is 10.2 Å². The molecule has 18 heavy (non-hydrogen) atoms. The molecular formula is C9H12BrN2O6+. The largest absolute Gasteiger partial charge is 0.428 e. The fraction of sp³-hybridized carbons (Fsp3) is 0.556. The minimum absolute atomic E-state index is 0.0176. The summed E-state index contributed by atoms with van der Waals surface area (Å²) in [7, 11) is 0. The lowest BCUT2D eigenvalue weighted by atomic mass is 10.1. The molecule has 8 nitrogen and oxygen atoms in total. The number of hydrogen-bond acceptors (Lipinski definition) is 6. The minimum atomic E-state index is -1.34. The highest BCUT2D eigenvalue weighted by Gasteiger charge is 2.51. The average molecular weight is 324 g/mol. The molecule has 1 fully saturated rings. The van der Waals surface area contributed by atoms with Gasteiger partial charge in [-0.1, -0.05) is 0 Å². The molecule has 0 aromatic heterocycles. The summed E-state index contributed by atoms with van der Waals surface area (Å²) in [4.78, 5) is 22.8. The SMILES string of the molecule is O=C1NC(=O)[NH+]([C@@H]2O[C@H](CO)[C@@H](O)[C@H]2O)C=C1Br. The van der Waals surface area contributed by atoms with Crippen molar-refractivity contribution < 1.29 is 34.5 Å². The molecule has 100 valence electrons. The average Bonchev–Trinajstić information content (AvgIpc) is 2.61. The molecule has 1 unspecified atom stereocenters. The topological polar surface area (TPSA) is 121 Å². The van der Waals surface area contributed by atoms with Gasteiger partial charge >= 0.3 is 6.03 Å². The number of rotatable bonds is 2. The first-order valence-corrected chi connectivity index (χ1v) is 5.97. The molecule has 0 bridgehead atoms. The van der Waals surface area contributed by atoms with Crippen LogP contribution in [0.4, 0.5) is 4.79 Å². The monoisotopic (exact) mass is 323 g/mol. The molecule has 0 aromatic carbocycles. The summed E-state index contributed by atoms with van der Waals surface area (Å²) < 4.78 is 5.32. The van der Waals surface area contributed by atoms with Crippen LogP contribution in [0.3, 0.4) is 0 Å². The van der Waals surface area contributed by atoms with Crippen molar-refractivity contribution >= 4 is 27.9 Å². The predicted octanol–water partition coefficient (Wildman–Crippen LogP) is -3.20. The van der Waals surface area contributed by atoms with E-state index in [9.17, 15) is 19.8 Å².